The summed E-state index contributed by atoms with van der Waals surface area (Å²) >= 11 is 0. The van der Waals surface area contributed by atoms with Crippen molar-refractivity contribution in [2.75, 3.05) is 0 Å². The van der Waals surface area contributed by atoms with Gasteiger partial charge in [-0.1, -0.05) is 149 Å². The number of hydrogen-bond donors (Lipinski definition) is 0. The molecule has 0 amide bonds. The lowest BCUT2D eigenvalue weighted by molar-refractivity contribution is 0.661. The quantitative estimate of drug-likeness (QED) is 0.167. The number of hydrogen-bond acceptors (Lipinski definition) is 1. The normalized spacial score (nSPS) is 18.9. The van der Waals surface area contributed by atoms with E-state index in [0.717, 1.165) is 41.1 Å². The largest absolute Gasteiger partial charge is 0.313 e. The predicted octanol–water partition coefficient (Wildman–Crippen LogP) is 14.8. The van der Waals surface area contributed by atoms with E-state index < -0.39 is 0 Å². The minimum absolute atomic E-state index is 0.0398. The highest BCUT2D eigenvalue weighted by atomic mass is 15.0. The summed E-state index contributed by atoms with van der Waals surface area (Å²) in [4.78, 5) is 5.78. The second-order valence-electron chi connectivity index (χ2n) is 17.1. The van der Waals surface area contributed by atoms with Crippen molar-refractivity contribution in [1.82, 2.24) is 9.13 Å². The summed E-state index contributed by atoms with van der Waals surface area (Å²) < 4.78 is 5.03. The van der Waals surface area contributed by atoms with Gasteiger partial charge in [0, 0.05) is 56.2 Å². The minimum Gasteiger partial charge on any atom is -0.313 e. The van der Waals surface area contributed by atoms with Crippen LogP contribution in [0.25, 0.3) is 71.8 Å². The zero-order chi connectivity index (χ0) is 40.0. The second kappa shape index (κ2) is 13.4. The number of nitrogens with zero attached hydrogens (tertiary/aromatic N) is 3. The topological polar surface area (TPSA) is 22.2 Å². The molecule has 3 nitrogen and oxygen atoms in total. The lowest BCUT2D eigenvalue weighted by Gasteiger charge is -2.27. The third-order valence-electron chi connectivity index (χ3n) is 13.6. The maximum Gasteiger partial charge on any atom is 0.0701 e. The Morgan fingerprint density at radius 3 is 1.85 bits per heavy atom. The van der Waals surface area contributed by atoms with Gasteiger partial charge < -0.3 is 9.13 Å². The molecule has 0 N–H and O–H groups in total. The molecule has 59 heavy (non-hydrogen) atoms. The average molecular weight is 762 g/mol. The zero-order valence-corrected chi connectivity index (χ0v) is 34.4. The van der Waals surface area contributed by atoms with Gasteiger partial charge in [-0.15, -0.1) is 0 Å². The number of fused-ring (bicyclic) bond motifs is 9. The smallest absolute Gasteiger partial charge is 0.0701 e. The fourth-order valence-electron chi connectivity index (χ4n) is 10.4. The second-order valence-corrected chi connectivity index (χ2v) is 17.1. The SMILES string of the molecule is CC/C1=C(\c2ccccc2)N=C(c2cccc(-n3c4ccccc4c4cc5c(cc43)C(C)(C)c3ccccc3-5)c2)C(C)/C(C)=C(\n2c3ccccc3c3ccccc32)C1. The number of rotatable bonds is 5. The van der Waals surface area contributed by atoms with E-state index in [9.17, 15) is 0 Å². The lowest BCUT2D eigenvalue weighted by atomic mass is 9.82. The Labute approximate surface area is 346 Å². The third kappa shape index (κ3) is 5.30. The van der Waals surface area contributed by atoms with Crippen LogP contribution in [0.5, 0.6) is 0 Å². The molecule has 3 heterocycles. The van der Waals surface area contributed by atoms with Crippen molar-refractivity contribution in [1.29, 1.82) is 0 Å². The first-order valence-corrected chi connectivity index (χ1v) is 21.2. The molecule has 2 aliphatic rings. The molecule has 1 aliphatic heterocycles. The first-order valence-electron chi connectivity index (χ1n) is 21.2. The van der Waals surface area contributed by atoms with Crippen LogP contribution in [0.4, 0.5) is 0 Å². The van der Waals surface area contributed by atoms with E-state index in [1.807, 2.05) is 0 Å². The van der Waals surface area contributed by atoms with Crippen molar-refractivity contribution >= 4 is 60.7 Å². The molecule has 0 spiro atoms. The van der Waals surface area contributed by atoms with E-state index in [4.69, 9.17) is 4.99 Å². The van der Waals surface area contributed by atoms with Gasteiger partial charge in [-0.3, -0.25) is 4.99 Å². The highest BCUT2D eigenvalue weighted by Gasteiger charge is 2.36. The van der Waals surface area contributed by atoms with Gasteiger partial charge in [0.1, 0.15) is 0 Å². The van der Waals surface area contributed by atoms with Crippen LogP contribution in [-0.2, 0) is 5.41 Å². The molecular weight excluding hydrogens is 715 g/mol. The van der Waals surface area contributed by atoms with E-state index in [1.165, 1.54) is 82.7 Å². The number of aliphatic imine (C=N–C) groups is 1. The first-order chi connectivity index (χ1) is 28.8. The molecule has 1 aliphatic carbocycles. The van der Waals surface area contributed by atoms with Crippen molar-refractivity contribution in [2.45, 2.75) is 52.9 Å². The summed E-state index contributed by atoms with van der Waals surface area (Å²) in [6.45, 7) is 11.7. The van der Waals surface area contributed by atoms with Crippen molar-refractivity contribution in [3.63, 3.8) is 0 Å². The molecule has 286 valence electrons. The third-order valence-corrected chi connectivity index (χ3v) is 13.6. The molecule has 7 aromatic carbocycles. The molecule has 11 rings (SSSR count). The van der Waals surface area contributed by atoms with Gasteiger partial charge in [0.05, 0.1) is 33.5 Å². The molecule has 2 aromatic heterocycles. The summed E-state index contributed by atoms with van der Waals surface area (Å²) in [5.41, 5.74) is 20.0. The van der Waals surface area contributed by atoms with E-state index in [-0.39, 0.29) is 11.3 Å². The number of benzene rings is 7. The van der Waals surface area contributed by atoms with E-state index in [2.05, 4.69) is 208 Å². The zero-order valence-electron chi connectivity index (χ0n) is 34.4. The van der Waals surface area contributed by atoms with Gasteiger partial charge >= 0.3 is 0 Å². The van der Waals surface area contributed by atoms with Crippen LogP contribution >= 0.6 is 0 Å². The number of aromatic nitrogens is 2. The molecule has 9 aromatic rings. The highest BCUT2D eigenvalue weighted by Crippen LogP contribution is 2.51. The molecule has 0 fully saturated rings. The van der Waals surface area contributed by atoms with E-state index in [0.29, 0.717) is 0 Å². The molecule has 0 radical (unpaired) electrons. The van der Waals surface area contributed by atoms with Crippen LogP contribution in [0.2, 0.25) is 0 Å². The lowest BCUT2D eigenvalue weighted by Crippen LogP contribution is -2.19. The Morgan fingerprint density at radius 2 is 1.15 bits per heavy atom. The van der Waals surface area contributed by atoms with Gasteiger partial charge in [0.2, 0.25) is 0 Å². The summed E-state index contributed by atoms with van der Waals surface area (Å²) in [6.07, 6.45) is 1.72. The van der Waals surface area contributed by atoms with Gasteiger partial charge in [-0.25, -0.2) is 0 Å². The first kappa shape index (κ1) is 35.5. The predicted molar refractivity (Wildman–Crippen MR) is 251 cm³/mol. The highest BCUT2D eigenvalue weighted by molar-refractivity contribution is 6.13. The molecule has 0 bridgehead atoms. The molecule has 3 heteroatoms. The summed E-state index contributed by atoms with van der Waals surface area (Å²) in [7, 11) is 0. The standard InChI is InChI=1S/C56H47N3/c1-6-37-32-52(59-50-29-16-11-24-42(50)43-25-12-17-30-51(43)59)35(2)36(3)54(57-55(37)38-19-8-7-9-20-38)39-21-18-22-40(31-39)58-49-28-15-13-26-44(49)46-33-45-41-23-10-14-27-47(41)56(4,5)48(45)34-53(46)58/h7-31,33-34,36H,6,32H2,1-5H3/b52-35-,55-37-,57-54?. The Bertz CT molecular complexity index is 3220. The van der Waals surface area contributed by atoms with Crippen LogP contribution < -0.4 is 0 Å². The van der Waals surface area contributed by atoms with Crippen LogP contribution in [0.15, 0.2) is 180 Å². The van der Waals surface area contributed by atoms with Crippen LogP contribution in [-0.4, -0.2) is 14.8 Å². The Kier molecular flexibility index (Phi) is 8.07. The van der Waals surface area contributed by atoms with Gasteiger partial charge in [0.25, 0.3) is 0 Å². The minimum atomic E-state index is -0.0959. The van der Waals surface area contributed by atoms with Gasteiger partial charge in [0.15, 0.2) is 0 Å². The summed E-state index contributed by atoms with van der Waals surface area (Å²) in [5.74, 6) is 0.0398. The van der Waals surface area contributed by atoms with Crippen molar-refractivity contribution in [3.05, 3.63) is 197 Å². The van der Waals surface area contributed by atoms with E-state index in [1.54, 1.807) is 0 Å². The fourth-order valence-corrected chi connectivity index (χ4v) is 10.4. The molecular formula is C56H47N3. The van der Waals surface area contributed by atoms with Gasteiger partial charge in [-0.05, 0) is 94.8 Å². The monoisotopic (exact) mass is 761 g/mol. The van der Waals surface area contributed by atoms with Crippen LogP contribution in [0.3, 0.4) is 0 Å². The Balaban J connectivity index is 1.15. The Morgan fingerprint density at radius 1 is 0.559 bits per heavy atom. The number of para-hydroxylation sites is 3. The average Bonchev–Trinajstić information content (AvgIpc) is 3.86. The van der Waals surface area contributed by atoms with Crippen molar-refractivity contribution < 1.29 is 0 Å². The summed E-state index contributed by atoms with van der Waals surface area (Å²) in [5, 5.41) is 5.12. The van der Waals surface area contributed by atoms with Crippen LogP contribution in [0, 0.1) is 5.92 Å². The fraction of sp³-hybridized carbons (Fsp3) is 0.161. The van der Waals surface area contributed by atoms with Crippen molar-refractivity contribution in [2.24, 2.45) is 10.9 Å². The van der Waals surface area contributed by atoms with Gasteiger partial charge in [-0.2, -0.15) is 0 Å². The van der Waals surface area contributed by atoms with E-state index >= 15 is 0 Å². The van der Waals surface area contributed by atoms with Crippen LogP contribution in [0.1, 0.15) is 69.7 Å². The Hall–Kier alpha value is -6.71. The maximum absolute atomic E-state index is 5.78. The summed E-state index contributed by atoms with van der Waals surface area (Å²) in [6, 6.07) is 60.5. The van der Waals surface area contributed by atoms with Crippen molar-refractivity contribution in [3.8, 4) is 16.8 Å². The molecule has 1 atom stereocenters. The molecule has 0 saturated heterocycles. The molecule has 1 unspecified atom stereocenters. The molecule has 0 saturated carbocycles. The maximum atomic E-state index is 5.78. The number of allylic oxidation sites excluding steroid dienone is 3.